The Morgan fingerprint density at radius 2 is 1.97 bits per heavy atom. The summed E-state index contributed by atoms with van der Waals surface area (Å²) in [7, 11) is 1.69. The zero-order chi connectivity index (χ0) is 23.8. The second-order valence-electron chi connectivity index (χ2n) is 9.40. The van der Waals surface area contributed by atoms with Crippen molar-refractivity contribution in [3.8, 4) is 5.75 Å². The van der Waals surface area contributed by atoms with E-state index in [1.165, 1.54) is 16.7 Å². The molecule has 2 aliphatic rings. The number of benzene rings is 3. The van der Waals surface area contributed by atoms with Gasteiger partial charge in [-0.3, -0.25) is 4.79 Å². The minimum atomic E-state index is -0.283. The van der Waals surface area contributed by atoms with Gasteiger partial charge in [-0.05, 0) is 72.4 Å². The Kier molecular flexibility index (Phi) is 5.72. The summed E-state index contributed by atoms with van der Waals surface area (Å²) in [5, 5.41) is 3.13. The van der Waals surface area contributed by atoms with Crippen LogP contribution in [0.15, 0.2) is 66.7 Å². The van der Waals surface area contributed by atoms with Crippen LogP contribution in [0.25, 0.3) is 11.0 Å². The third-order valence-electron chi connectivity index (χ3n) is 7.25. The van der Waals surface area contributed by atoms with Gasteiger partial charge in [-0.1, -0.05) is 30.3 Å². The van der Waals surface area contributed by atoms with Crippen molar-refractivity contribution in [3.63, 3.8) is 0 Å². The number of carbonyl (C=O) groups excluding carboxylic acids is 1. The van der Waals surface area contributed by atoms with E-state index in [1.807, 2.05) is 42.5 Å². The van der Waals surface area contributed by atoms with Crippen molar-refractivity contribution in [2.45, 2.75) is 37.8 Å². The number of aromatic nitrogens is 2. The average Bonchev–Trinajstić information content (AvgIpc) is 3.51. The average molecular weight is 468 g/mol. The highest BCUT2D eigenvalue weighted by molar-refractivity contribution is 5.95. The van der Waals surface area contributed by atoms with Crippen molar-refractivity contribution in [1.29, 1.82) is 0 Å². The summed E-state index contributed by atoms with van der Waals surface area (Å²) < 4.78 is 5.38. The molecule has 0 radical (unpaired) electrons. The molecule has 0 saturated carbocycles. The van der Waals surface area contributed by atoms with E-state index in [9.17, 15) is 4.79 Å². The van der Waals surface area contributed by atoms with Gasteiger partial charge in [0.25, 0.3) is 0 Å². The molecule has 2 heterocycles. The molecule has 35 heavy (non-hydrogen) atoms. The highest BCUT2D eigenvalue weighted by atomic mass is 16.5. The minimum absolute atomic E-state index is 0.00334. The molecule has 1 aliphatic heterocycles. The lowest BCUT2D eigenvalue weighted by atomic mass is 9.77. The summed E-state index contributed by atoms with van der Waals surface area (Å²) in [6, 6.07) is 22.2. The lowest BCUT2D eigenvalue weighted by molar-refractivity contribution is -0.118. The minimum Gasteiger partial charge on any atom is -0.497 e. The number of para-hydroxylation sites is 2. The Bertz CT molecular complexity index is 1350. The third-order valence-corrected chi connectivity index (χ3v) is 7.25. The fourth-order valence-electron chi connectivity index (χ4n) is 5.45. The number of amides is 1. The van der Waals surface area contributed by atoms with Crippen LogP contribution in [0, 0.1) is 5.92 Å². The van der Waals surface area contributed by atoms with Gasteiger partial charge >= 0.3 is 0 Å². The van der Waals surface area contributed by atoms with Crippen molar-refractivity contribution in [3.05, 3.63) is 89.2 Å². The molecule has 1 aliphatic carbocycles. The standard InChI is InChI=1S/C28H29N5O2/c1-35-20-11-13-21-18(16-20)10-12-22-26(21)32-33-27(22)28(34)29-19-6-4-5-17(15-19)9-14-25-30-23-7-2-3-8-24(23)31-25/h2-8,11,13,15-16,22,26-27,32-33H,9-10,12,14H2,1H3,(H,29,34)(H,30,31). The molecule has 1 aromatic heterocycles. The third kappa shape index (κ3) is 4.29. The van der Waals surface area contributed by atoms with E-state index < -0.39 is 0 Å². The summed E-state index contributed by atoms with van der Waals surface area (Å²) in [5.74, 6) is 2.05. The number of aromatic amines is 1. The number of ether oxygens (including phenoxy) is 1. The largest absolute Gasteiger partial charge is 0.497 e. The Morgan fingerprint density at radius 1 is 1.06 bits per heavy atom. The Labute approximate surface area is 204 Å². The van der Waals surface area contributed by atoms with Crippen LogP contribution in [0.4, 0.5) is 5.69 Å². The van der Waals surface area contributed by atoms with Crippen molar-refractivity contribution in [2.75, 3.05) is 12.4 Å². The second-order valence-corrected chi connectivity index (χ2v) is 9.40. The van der Waals surface area contributed by atoms with Crippen LogP contribution in [-0.4, -0.2) is 29.0 Å². The molecule has 178 valence electrons. The topological polar surface area (TPSA) is 91.1 Å². The Hall–Kier alpha value is -3.68. The molecule has 1 fully saturated rings. The molecule has 7 nitrogen and oxygen atoms in total. The molecule has 3 unspecified atom stereocenters. The van der Waals surface area contributed by atoms with E-state index in [0.717, 1.165) is 54.0 Å². The molecule has 7 heteroatoms. The maximum Gasteiger partial charge on any atom is 0.243 e. The van der Waals surface area contributed by atoms with Gasteiger partial charge in [0, 0.05) is 18.0 Å². The number of carbonyl (C=O) groups is 1. The van der Waals surface area contributed by atoms with E-state index in [0.29, 0.717) is 0 Å². The summed E-state index contributed by atoms with van der Waals surface area (Å²) in [6.07, 6.45) is 3.55. The fraction of sp³-hybridized carbons (Fsp3) is 0.286. The number of rotatable bonds is 6. The van der Waals surface area contributed by atoms with Crippen LogP contribution in [0.3, 0.4) is 0 Å². The number of hydrogen-bond donors (Lipinski definition) is 4. The number of nitrogens with zero attached hydrogens (tertiary/aromatic N) is 1. The number of H-pyrrole nitrogens is 1. The van der Waals surface area contributed by atoms with Gasteiger partial charge < -0.3 is 15.0 Å². The number of aryl methyl sites for hydroxylation is 3. The summed E-state index contributed by atoms with van der Waals surface area (Å²) in [5.41, 5.74) is 13.2. The van der Waals surface area contributed by atoms with Crippen LogP contribution >= 0.6 is 0 Å². The maximum absolute atomic E-state index is 13.2. The molecule has 3 atom stereocenters. The number of hydrogen-bond acceptors (Lipinski definition) is 5. The van der Waals surface area contributed by atoms with Gasteiger partial charge in [0.05, 0.1) is 24.2 Å². The molecular formula is C28H29N5O2. The van der Waals surface area contributed by atoms with E-state index in [2.05, 4.69) is 50.4 Å². The predicted molar refractivity (Wildman–Crippen MR) is 136 cm³/mol. The lowest BCUT2D eigenvalue weighted by Crippen LogP contribution is -2.42. The van der Waals surface area contributed by atoms with Gasteiger partial charge in [-0.25, -0.2) is 15.8 Å². The normalized spacial score (nSPS) is 20.9. The predicted octanol–water partition coefficient (Wildman–Crippen LogP) is 4.08. The van der Waals surface area contributed by atoms with Gasteiger partial charge in [0.15, 0.2) is 0 Å². The summed E-state index contributed by atoms with van der Waals surface area (Å²) in [4.78, 5) is 21.3. The number of nitrogens with one attached hydrogen (secondary N) is 4. The van der Waals surface area contributed by atoms with Crippen molar-refractivity contribution < 1.29 is 9.53 Å². The number of anilines is 1. The van der Waals surface area contributed by atoms with Crippen LogP contribution in [0.5, 0.6) is 5.75 Å². The first-order chi connectivity index (χ1) is 17.2. The smallest absolute Gasteiger partial charge is 0.243 e. The quantitative estimate of drug-likeness (QED) is 0.343. The van der Waals surface area contributed by atoms with E-state index >= 15 is 0 Å². The maximum atomic E-state index is 13.2. The van der Waals surface area contributed by atoms with E-state index in [1.54, 1.807) is 7.11 Å². The first-order valence-corrected chi connectivity index (χ1v) is 12.2. The van der Waals surface area contributed by atoms with Crippen LogP contribution in [-0.2, 0) is 24.1 Å². The monoisotopic (exact) mass is 467 g/mol. The van der Waals surface area contributed by atoms with Crippen molar-refractivity contribution in [2.24, 2.45) is 5.92 Å². The Morgan fingerprint density at radius 3 is 2.86 bits per heavy atom. The molecule has 0 bridgehead atoms. The summed E-state index contributed by atoms with van der Waals surface area (Å²) >= 11 is 0. The lowest BCUT2D eigenvalue weighted by Gasteiger charge is -2.29. The van der Waals surface area contributed by atoms with E-state index in [4.69, 9.17) is 4.74 Å². The summed E-state index contributed by atoms with van der Waals surface area (Å²) in [6.45, 7) is 0. The molecule has 3 aromatic carbocycles. The molecule has 1 saturated heterocycles. The molecule has 4 N–H and O–H groups in total. The second kappa shape index (κ2) is 9.17. The number of fused-ring (bicyclic) bond motifs is 4. The molecule has 6 rings (SSSR count). The molecule has 1 amide bonds. The van der Waals surface area contributed by atoms with Gasteiger partial charge in [-0.15, -0.1) is 0 Å². The van der Waals surface area contributed by atoms with E-state index in [-0.39, 0.29) is 23.9 Å². The highest BCUT2D eigenvalue weighted by Crippen LogP contribution is 2.40. The van der Waals surface area contributed by atoms with Crippen LogP contribution in [0.1, 0.15) is 35.0 Å². The van der Waals surface area contributed by atoms with Gasteiger partial charge in [0.2, 0.25) is 5.91 Å². The number of hydrazine groups is 1. The van der Waals surface area contributed by atoms with Crippen LogP contribution in [0.2, 0.25) is 0 Å². The first kappa shape index (κ1) is 21.8. The van der Waals surface area contributed by atoms with Gasteiger partial charge in [-0.2, -0.15) is 0 Å². The SMILES string of the molecule is COc1ccc2c(c1)CCC1C(C(=O)Nc3cccc(CCc4nc5ccccc5[nH]4)c3)NNC21. The number of methoxy groups -OCH3 is 1. The highest BCUT2D eigenvalue weighted by Gasteiger charge is 2.43. The molecular weight excluding hydrogens is 438 g/mol. The Balaban J connectivity index is 1.11. The first-order valence-electron chi connectivity index (χ1n) is 12.2. The molecule has 4 aromatic rings. The van der Waals surface area contributed by atoms with Gasteiger partial charge in [0.1, 0.15) is 17.6 Å². The van der Waals surface area contributed by atoms with Crippen molar-refractivity contribution in [1.82, 2.24) is 20.8 Å². The zero-order valence-electron chi connectivity index (χ0n) is 19.7. The zero-order valence-corrected chi connectivity index (χ0v) is 19.7. The molecule has 0 spiro atoms. The number of imidazole rings is 1. The van der Waals surface area contributed by atoms with Crippen LogP contribution < -0.4 is 20.9 Å². The fourth-order valence-corrected chi connectivity index (χ4v) is 5.45. The van der Waals surface area contributed by atoms with Crippen molar-refractivity contribution >= 4 is 22.6 Å².